The third-order valence-electron chi connectivity index (χ3n) is 4.48. The lowest BCUT2D eigenvalue weighted by Crippen LogP contribution is -2.40. The van der Waals surface area contributed by atoms with Crippen LogP contribution in [-0.2, 0) is 22.6 Å². The highest BCUT2D eigenvalue weighted by molar-refractivity contribution is 5.80. The van der Waals surface area contributed by atoms with E-state index in [9.17, 15) is 14.7 Å². The predicted molar refractivity (Wildman–Crippen MR) is 93.0 cm³/mol. The summed E-state index contributed by atoms with van der Waals surface area (Å²) in [6, 6.07) is 18.5. The molecule has 5 heteroatoms. The predicted octanol–water partition coefficient (Wildman–Crippen LogP) is 3.34. The van der Waals surface area contributed by atoms with Crippen LogP contribution in [0.15, 0.2) is 60.7 Å². The Bertz CT molecular complexity index is 717. The topological polar surface area (TPSA) is 66.8 Å². The molecule has 2 atom stereocenters. The molecule has 2 aromatic rings. The maximum Gasteiger partial charge on any atom is 0.410 e. The molecule has 0 spiro atoms. The van der Waals surface area contributed by atoms with Crippen LogP contribution < -0.4 is 0 Å². The van der Waals surface area contributed by atoms with Gasteiger partial charge in [0.25, 0.3) is 0 Å². The van der Waals surface area contributed by atoms with Gasteiger partial charge in [-0.05, 0) is 29.9 Å². The van der Waals surface area contributed by atoms with Crippen molar-refractivity contribution < 1.29 is 19.4 Å². The van der Waals surface area contributed by atoms with Crippen molar-refractivity contribution in [3.8, 4) is 0 Å². The van der Waals surface area contributed by atoms with Crippen molar-refractivity contribution in [3.05, 3.63) is 71.8 Å². The minimum absolute atomic E-state index is 0.118. The quantitative estimate of drug-likeness (QED) is 0.907. The number of ether oxygens (including phenoxy) is 1. The van der Waals surface area contributed by atoms with Gasteiger partial charge in [0.1, 0.15) is 12.6 Å². The molecule has 0 aromatic heterocycles. The van der Waals surface area contributed by atoms with E-state index in [0.29, 0.717) is 13.0 Å². The van der Waals surface area contributed by atoms with Gasteiger partial charge in [-0.3, -0.25) is 4.90 Å². The normalized spacial score (nSPS) is 19.6. The minimum atomic E-state index is -0.979. The first-order valence-corrected chi connectivity index (χ1v) is 8.37. The van der Waals surface area contributed by atoms with E-state index >= 15 is 0 Å². The van der Waals surface area contributed by atoms with Crippen molar-refractivity contribution in [2.24, 2.45) is 5.92 Å². The Morgan fingerprint density at radius 3 is 2.20 bits per heavy atom. The second-order valence-electron chi connectivity index (χ2n) is 6.34. The zero-order valence-corrected chi connectivity index (χ0v) is 13.9. The zero-order chi connectivity index (χ0) is 17.6. The zero-order valence-electron chi connectivity index (χ0n) is 13.9. The number of carbonyl (C=O) groups is 2. The molecule has 25 heavy (non-hydrogen) atoms. The molecule has 1 aliphatic heterocycles. The lowest BCUT2D eigenvalue weighted by Gasteiger charge is -2.21. The molecular weight excluding hydrogens is 318 g/mol. The maximum absolute atomic E-state index is 12.4. The van der Waals surface area contributed by atoms with E-state index in [1.165, 1.54) is 4.90 Å². The van der Waals surface area contributed by atoms with Crippen molar-refractivity contribution in [2.75, 3.05) is 6.54 Å². The van der Waals surface area contributed by atoms with Gasteiger partial charge in [0.15, 0.2) is 0 Å². The molecule has 0 aliphatic carbocycles. The molecule has 0 saturated carbocycles. The average molecular weight is 339 g/mol. The molecule has 0 bridgehead atoms. The molecule has 5 nitrogen and oxygen atoms in total. The number of rotatable bonds is 5. The number of carbonyl (C=O) groups excluding carboxylic acids is 1. The van der Waals surface area contributed by atoms with Gasteiger partial charge in [-0.25, -0.2) is 9.59 Å². The third kappa shape index (κ3) is 4.38. The number of hydrogen-bond donors (Lipinski definition) is 1. The Hall–Kier alpha value is -2.82. The van der Waals surface area contributed by atoms with Crippen LogP contribution in [0, 0.1) is 5.92 Å². The Balaban J connectivity index is 1.62. The second-order valence-corrected chi connectivity index (χ2v) is 6.34. The van der Waals surface area contributed by atoms with E-state index in [2.05, 4.69) is 0 Å². The number of carboxylic acids is 1. The number of benzene rings is 2. The molecule has 0 unspecified atom stereocenters. The first-order valence-electron chi connectivity index (χ1n) is 8.37. The highest BCUT2D eigenvalue weighted by Crippen LogP contribution is 2.27. The standard InChI is InChI=1S/C20H21NO4/c22-19(23)18-12-17(11-15-7-3-1-4-8-15)13-21(18)20(24)25-14-16-9-5-2-6-10-16/h1-10,17-18H,11-14H2,(H,22,23)/t17-,18-/m0/s1. The summed E-state index contributed by atoms with van der Waals surface area (Å²) in [6.07, 6.45) is 0.643. The Morgan fingerprint density at radius 1 is 1.00 bits per heavy atom. The molecule has 0 radical (unpaired) electrons. The van der Waals surface area contributed by atoms with Crippen molar-refractivity contribution in [1.29, 1.82) is 0 Å². The van der Waals surface area contributed by atoms with E-state index in [4.69, 9.17) is 4.74 Å². The van der Waals surface area contributed by atoms with E-state index < -0.39 is 18.1 Å². The summed E-state index contributed by atoms with van der Waals surface area (Å²) in [4.78, 5) is 25.3. The monoisotopic (exact) mass is 339 g/mol. The van der Waals surface area contributed by atoms with Crippen LogP contribution in [0.1, 0.15) is 17.5 Å². The second kappa shape index (κ2) is 7.83. The van der Waals surface area contributed by atoms with E-state index in [0.717, 1.165) is 17.5 Å². The van der Waals surface area contributed by atoms with Crippen LogP contribution in [0.25, 0.3) is 0 Å². The average Bonchev–Trinajstić information content (AvgIpc) is 3.06. The molecule has 1 saturated heterocycles. The van der Waals surface area contributed by atoms with E-state index in [1.807, 2.05) is 60.7 Å². The first-order chi connectivity index (χ1) is 12.1. The summed E-state index contributed by atoms with van der Waals surface area (Å²) < 4.78 is 5.31. The summed E-state index contributed by atoms with van der Waals surface area (Å²) in [5, 5.41) is 9.45. The number of likely N-dealkylation sites (tertiary alicyclic amines) is 1. The van der Waals surface area contributed by atoms with Gasteiger partial charge in [-0.15, -0.1) is 0 Å². The van der Waals surface area contributed by atoms with Crippen LogP contribution >= 0.6 is 0 Å². The Morgan fingerprint density at radius 2 is 1.60 bits per heavy atom. The number of carboxylic acid groups (broad SMARTS) is 1. The van der Waals surface area contributed by atoms with Gasteiger partial charge >= 0.3 is 12.1 Å². The van der Waals surface area contributed by atoms with Crippen molar-refractivity contribution in [1.82, 2.24) is 4.90 Å². The lowest BCUT2D eigenvalue weighted by atomic mass is 9.97. The van der Waals surface area contributed by atoms with Crippen molar-refractivity contribution in [3.63, 3.8) is 0 Å². The van der Waals surface area contributed by atoms with Gasteiger partial charge in [0, 0.05) is 6.54 Å². The number of nitrogens with zero attached hydrogens (tertiary/aromatic N) is 1. The molecule has 1 heterocycles. The van der Waals surface area contributed by atoms with Gasteiger partial charge in [-0.1, -0.05) is 60.7 Å². The van der Waals surface area contributed by atoms with Crippen molar-refractivity contribution >= 4 is 12.1 Å². The fraction of sp³-hybridized carbons (Fsp3) is 0.300. The van der Waals surface area contributed by atoms with Gasteiger partial charge in [0.2, 0.25) is 0 Å². The molecular formula is C20H21NO4. The highest BCUT2D eigenvalue weighted by Gasteiger charge is 2.40. The summed E-state index contributed by atoms with van der Waals surface area (Å²) in [7, 11) is 0. The van der Waals surface area contributed by atoms with Crippen LogP contribution in [0.4, 0.5) is 4.79 Å². The van der Waals surface area contributed by atoms with E-state index in [1.54, 1.807) is 0 Å². The van der Waals surface area contributed by atoms with Gasteiger partial charge in [0.05, 0.1) is 0 Å². The Kier molecular flexibility index (Phi) is 5.33. The highest BCUT2D eigenvalue weighted by atomic mass is 16.6. The first kappa shape index (κ1) is 17.0. The molecule has 130 valence electrons. The number of aliphatic carboxylic acids is 1. The van der Waals surface area contributed by atoms with Crippen LogP contribution in [0.5, 0.6) is 0 Å². The molecule has 1 amide bonds. The Labute approximate surface area is 146 Å². The van der Waals surface area contributed by atoms with Gasteiger partial charge in [-0.2, -0.15) is 0 Å². The summed E-state index contributed by atoms with van der Waals surface area (Å²) >= 11 is 0. The minimum Gasteiger partial charge on any atom is -0.480 e. The van der Waals surface area contributed by atoms with E-state index in [-0.39, 0.29) is 12.5 Å². The molecule has 2 aromatic carbocycles. The summed E-state index contributed by atoms with van der Waals surface area (Å²) in [6.45, 7) is 0.547. The number of amides is 1. The van der Waals surface area contributed by atoms with Crippen LogP contribution in [-0.4, -0.2) is 34.7 Å². The molecule has 1 fully saturated rings. The molecule has 3 rings (SSSR count). The largest absolute Gasteiger partial charge is 0.480 e. The SMILES string of the molecule is O=C(O)[C@@H]1C[C@H](Cc2ccccc2)CN1C(=O)OCc1ccccc1. The summed E-state index contributed by atoms with van der Waals surface area (Å²) in [5.74, 6) is -0.861. The fourth-order valence-electron chi connectivity index (χ4n) is 3.26. The number of hydrogen-bond acceptors (Lipinski definition) is 3. The summed E-state index contributed by atoms with van der Waals surface area (Å²) in [5.41, 5.74) is 2.03. The maximum atomic E-state index is 12.4. The lowest BCUT2D eigenvalue weighted by molar-refractivity contribution is -0.141. The van der Waals surface area contributed by atoms with Crippen LogP contribution in [0.2, 0.25) is 0 Å². The third-order valence-corrected chi connectivity index (χ3v) is 4.48. The van der Waals surface area contributed by atoms with Gasteiger partial charge < -0.3 is 9.84 Å². The molecule has 1 aliphatic rings. The van der Waals surface area contributed by atoms with Crippen molar-refractivity contribution in [2.45, 2.75) is 25.5 Å². The fourth-order valence-corrected chi connectivity index (χ4v) is 3.26. The smallest absolute Gasteiger partial charge is 0.410 e. The van der Waals surface area contributed by atoms with Crippen LogP contribution in [0.3, 0.4) is 0 Å². The molecule has 1 N–H and O–H groups in total.